The summed E-state index contributed by atoms with van der Waals surface area (Å²) in [5.74, 6) is 0. The maximum Gasteiger partial charge on any atom is 0.0857 e. The van der Waals surface area contributed by atoms with E-state index in [4.69, 9.17) is 0 Å². The van der Waals surface area contributed by atoms with Crippen LogP contribution in [0, 0.1) is 6.92 Å². The first-order valence-corrected chi connectivity index (χ1v) is 4.05. The molecule has 0 bridgehead atoms. The van der Waals surface area contributed by atoms with Gasteiger partial charge in [-0.25, -0.2) is 0 Å². The molecule has 0 radical (unpaired) electrons. The van der Waals surface area contributed by atoms with Crippen molar-refractivity contribution in [1.29, 1.82) is 0 Å². The van der Waals surface area contributed by atoms with Crippen molar-refractivity contribution >= 4 is 5.70 Å². The molecule has 2 nitrogen and oxygen atoms in total. The van der Waals surface area contributed by atoms with Crippen molar-refractivity contribution < 1.29 is 0 Å². The number of allylic oxidation sites excluding steroid dienone is 1. The molecule has 0 aromatic carbocycles. The lowest BCUT2D eigenvalue weighted by molar-refractivity contribution is 1.08. The molecule has 0 amide bonds. The number of pyridine rings is 1. The number of hydrogen-bond donors (Lipinski definition) is 1. The maximum atomic E-state index is 4.29. The average molecular weight is 162 g/mol. The summed E-state index contributed by atoms with van der Waals surface area (Å²) < 4.78 is 0. The second kappa shape index (κ2) is 3.90. The zero-order valence-corrected chi connectivity index (χ0v) is 7.76. The van der Waals surface area contributed by atoms with Crippen LogP contribution in [-0.4, -0.2) is 12.0 Å². The molecule has 0 aliphatic carbocycles. The van der Waals surface area contributed by atoms with Gasteiger partial charge in [0.05, 0.1) is 11.4 Å². The summed E-state index contributed by atoms with van der Waals surface area (Å²) >= 11 is 0. The molecule has 0 aliphatic rings. The molecule has 0 atom stereocenters. The zero-order valence-electron chi connectivity index (χ0n) is 7.76. The Morgan fingerprint density at radius 3 is 2.67 bits per heavy atom. The molecule has 1 heterocycles. The number of hydrogen-bond acceptors (Lipinski definition) is 2. The molecule has 1 N–H and O–H groups in total. The highest BCUT2D eigenvalue weighted by Gasteiger charge is 1.97. The molecule has 0 fully saturated rings. The second-order valence-corrected chi connectivity index (χ2v) is 2.67. The minimum atomic E-state index is 0.991. The fraction of sp³-hybridized carbons (Fsp3) is 0.300. The maximum absolute atomic E-state index is 4.29. The van der Waals surface area contributed by atoms with Gasteiger partial charge in [-0.3, -0.25) is 4.98 Å². The van der Waals surface area contributed by atoms with E-state index in [1.807, 2.05) is 39.2 Å². The number of nitrogens with zero attached hydrogens (tertiary/aromatic N) is 1. The molecule has 64 valence electrons. The van der Waals surface area contributed by atoms with Gasteiger partial charge in [0.25, 0.3) is 0 Å². The molecular weight excluding hydrogens is 148 g/mol. The first-order chi connectivity index (χ1) is 5.77. The van der Waals surface area contributed by atoms with Crippen molar-refractivity contribution in [2.75, 3.05) is 7.05 Å². The smallest absolute Gasteiger partial charge is 0.0857 e. The predicted octanol–water partition coefficient (Wildman–Crippen LogP) is 1.97. The first-order valence-electron chi connectivity index (χ1n) is 4.05. The quantitative estimate of drug-likeness (QED) is 0.719. The molecule has 1 aromatic rings. The van der Waals surface area contributed by atoms with Gasteiger partial charge >= 0.3 is 0 Å². The molecule has 1 aromatic heterocycles. The van der Waals surface area contributed by atoms with E-state index in [-0.39, 0.29) is 0 Å². The Morgan fingerprint density at radius 2 is 2.25 bits per heavy atom. The van der Waals surface area contributed by atoms with Crippen LogP contribution in [0.1, 0.15) is 18.2 Å². The Bertz CT molecular complexity index is 272. The molecule has 1 rings (SSSR count). The summed E-state index contributed by atoms with van der Waals surface area (Å²) in [6.07, 6.45) is 3.88. The van der Waals surface area contributed by atoms with Crippen LogP contribution in [0.25, 0.3) is 5.70 Å². The molecule has 0 saturated heterocycles. The van der Waals surface area contributed by atoms with Gasteiger partial charge < -0.3 is 5.32 Å². The Balaban J connectivity index is 2.96. The van der Waals surface area contributed by atoms with Gasteiger partial charge in [0.15, 0.2) is 0 Å². The van der Waals surface area contributed by atoms with Gasteiger partial charge in [-0.05, 0) is 25.5 Å². The zero-order chi connectivity index (χ0) is 8.97. The van der Waals surface area contributed by atoms with E-state index < -0.39 is 0 Å². The minimum Gasteiger partial charge on any atom is -0.387 e. The van der Waals surface area contributed by atoms with Gasteiger partial charge in [0.1, 0.15) is 0 Å². The Labute approximate surface area is 73.3 Å². The highest BCUT2D eigenvalue weighted by Crippen LogP contribution is 2.07. The van der Waals surface area contributed by atoms with Crippen LogP contribution in [0.15, 0.2) is 24.4 Å². The summed E-state index contributed by atoms with van der Waals surface area (Å²) in [4.78, 5) is 4.29. The van der Waals surface area contributed by atoms with Gasteiger partial charge in [-0.1, -0.05) is 12.1 Å². The van der Waals surface area contributed by atoms with E-state index in [0.717, 1.165) is 11.4 Å². The van der Waals surface area contributed by atoms with Crippen molar-refractivity contribution in [1.82, 2.24) is 10.3 Å². The SMILES string of the molecule is C/C=C(\NC)c1ccc(C)cn1. The normalized spacial score (nSPS) is 11.4. The fourth-order valence-corrected chi connectivity index (χ4v) is 1.05. The summed E-state index contributed by atoms with van der Waals surface area (Å²) in [6.45, 7) is 4.03. The lowest BCUT2D eigenvalue weighted by atomic mass is 10.2. The lowest BCUT2D eigenvalue weighted by Crippen LogP contribution is -2.05. The van der Waals surface area contributed by atoms with E-state index in [1.165, 1.54) is 5.56 Å². The molecule has 0 unspecified atom stereocenters. The molecule has 0 aliphatic heterocycles. The fourth-order valence-electron chi connectivity index (χ4n) is 1.05. The van der Waals surface area contributed by atoms with Gasteiger partial charge in [-0.15, -0.1) is 0 Å². The summed E-state index contributed by atoms with van der Waals surface area (Å²) in [6, 6.07) is 4.07. The number of rotatable bonds is 2. The molecule has 2 heteroatoms. The summed E-state index contributed by atoms with van der Waals surface area (Å²) in [5, 5.41) is 3.09. The van der Waals surface area contributed by atoms with E-state index in [2.05, 4.69) is 16.4 Å². The highest BCUT2D eigenvalue weighted by atomic mass is 14.9. The molecular formula is C10H14N2. The first kappa shape index (κ1) is 8.78. The van der Waals surface area contributed by atoms with E-state index in [0.29, 0.717) is 0 Å². The van der Waals surface area contributed by atoms with Crippen molar-refractivity contribution in [2.45, 2.75) is 13.8 Å². The van der Waals surface area contributed by atoms with Crippen LogP contribution in [0.3, 0.4) is 0 Å². The summed E-state index contributed by atoms with van der Waals surface area (Å²) in [7, 11) is 1.90. The topological polar surface area (TPSA) is 24.9 Å². The average Bonchev–Trinajstić information content (AvgIpc) is 2.10. The van der Waals surface area contributed by atoms with E-state index in [1.54, 1.807) is 0 Å². The molecule has 12 heavy (non-hydrogen) atoms. The van der Waals surface area contributed by atoms with Crippen molar-refractivity contribution in [3.8, 4) is 0 Å². The van der Waals surface area contributed by atoms with Crippen molar-refractivity contribution in [2.24, 2.45) is 0 Å². The third kappa shape index (κ3) is 1.84. The van der Waals surface area contributed by atoms with Crippen LogP contribution < -0.4 is 5.32 Å². The standard InChI is InChI=1S/C10H14N2/c1-4-9(11-3)10-6-5-8(2)7-12-10/h4-7,11H,1-3H3/b9-4-. The van der Waals surface area contributed by atoms with Crippen LogP contribution in [0.5, 0.6) is 0 Å². The molecule has 0 saturated carbocycles. The highest BCUT2D eigenvalue weighted by molar-refractivity contribution is 5.59. The van der Waals surface area contributed by atoms with Gasteiger partial charge in [0.2, 0.25) is 0 Å². The monoisotopic (exact) mass is 162 g/mol. The number of aromatic nitrogens is 1. The van der Waals surface area contributed by atoms with Crippen LogP contribution >= 0.6 is 0 Å². The third-order valence-corrected chi connectivity index (χ3v) is 1.75. The van der Waals surface area contributed by atoms with Gasteiger partial charge in [0, 0.05) is 13.2 Å². The minimum absolute atomic E-state index is 0.991. The van der Waals surface area contributed by atoms with Crippen LogP contribution in [0.4, 0.5) is 0 Å². The predicted molar refractivity (Wildman–Crippen MR) is 51.7 cm³/mol. The van der Waals surface area contributed by atoms with E-state index in [9.17, 15) is 0 Å². The Morgan fingerprint density at radius 1 is 1.50 bits per heavy atom. The van der Waals surface area contributed by atoms with Crippen LogP contribution in [0.2, 0.25) is 0 Å². The van der Waals surface area contributed by atoms with E-state index >= 15 is 0 Å². The second-order valence-electron chi connectivity index (χ2n) is 2.67. The number of nitrogens with one attached hydrogen (secondary N) is 1. The van der Waals surface area contributed by atoms with Crippen molar-refractivity contribution in [3.05, 3.63) is 35.7 Å². The largest absolute Gasteiger partial charge is 0.387 e. The lowest BCUT2D eigenvalue weighted by Gasteiger charge is -2.04. The number of aryl methyl sites for hydroxylation is 1. The van der Waals surface area contributed by atoms with Crippen molar-refractivity contribution in [3.63, 3.8) is 0 Å². The molecule has 0 spiro atoms. The third-order valence-electron chi connectivity index (χ3n) is 1.75. The Kier molecular flexibility index (Phi) is 2.86. The summed E-state index contributed by atoms with van der Waals surface area (Å²) in [5.41, 5.74) is 3.24. The van der Waals surface area contributed by atoms with Gasteiger partial charge in [-0.2, -0.15) is 0 Å². The van der Waals surface area contributed by atoms with Crippen LogP contribution in [-0.2, 0) is 0 Å². The Hall–Kier alpha value is -1.31.